The van der Waals surface area contributed by atoms with Crippen LogP contribution in [0.25, 0.3) is 0 Å². The third-order valence-corrected chi connectivity index (χ3v) is 6.49. The number of aromatic nitrogens is 2. The van der Waals surface area contributed by atoms with Gasteiger partial charge in [-0.2, -0.15) is 5.10 Å². The van der Waals surface area contributed by atoms with Gasteiger partial charge in [0.1, 0.15) is 5.75 Å². The number of fused-ring (bicyclic) bond motifs is 1. The number of rotatable bonds is 6. The van der Waals surface area contributed by atoms with Crippen molar-refractivity contribution in [2.45, 2.75) is 38.6 Å². The summed E-state index contributed by atoms with van der Waals surface area (Å²) in [7, 11) is 0. The number of hydrogen-bond donors (Lipinski definition) is 0. The van der Waals surface area contributed by atoms with Crippen LogP contribution in [0.3, 0.4) is 0 Å². The Kier molecular flexibility index (Phi) is 6.07. The average molecular weight is 437 g/mol. The zero-order chi connectivity index (χ0) is 22.6. The molecule has 0 saturated heterocycles. The third kappa shape index (κ3) is 4.75. The predicted molar refractivity (Wildman–Crippen MR) is 129 cm³/mol. The summed E-state index contributed by atoms with van der Waals surface area (Å²) in [6.07, 6.45) is 7.17. The van der Waals surface area contributed by atoms with Gasteiger partial charge in [0.05, 0.1) is 6.20 Å². The van der Waals surface area contributed by atoms with Crippen LogP contribution < -0.4 is 4.74 Å². The Morgan fingerprint density at radius 3 is 2.33 bits per heavy atom. The molecule has 1 atom stereocenters. The van der Waals surface area contributed by atoms with Crippen LogP contribution in [0.2, 0.25) is 0 Å². The number of ether oxygens (including phenoxy) is 1. The van der Waals surface area contributed by atoms with Crippen LogP contribution in [-0.4, -0.2) is 15.7 Å². The van der Waals surface area contributed by atoms with Gasteiger partial charge in [0.2, 0.25) is 0 Å². The van der Waals surface area contributed by atoms with Crippen LogP contribution in [-0.2, 0) is 24.2 Å². The summed E-state index contributed by atoms with van der Waals surface area (Å²) >= 11 is 0. The van der Waals surface area contributed by atoms with Crippen molar-refractivity contribution in [3.8, 4) is 5.75 Å². The van der Waals surface area contributed by atoms with E-state index in [0.717, 1.165) is 25.8 Å². The lowest BCUT2D eigenvalue weighted by molar-refractivity contribution is -0.131. The van der Waals surface area contributed by atoms with Crippen molar-refractivity contribution in [2.24, 2.45) is 5.92 Å². The molecular weight excluding hydrogens is 408 g/mol. The highest BCUT2D eigenvalue weighted by molar-refractivity contribution is 5.70. The van der Waals surface area contributed by atoms with Gasteiger partial charge in [0.25, 0.3) is 0 Å². The van der Waals surface area contributed by atoms with E-state index in [0.29, 0.717) is 11.7 Å². The molecule has 5 rings (SSSR count). The number of carbonyl (C=O) groups is 1. The largest absolute Gasteiger partial charge is 0.426 e. The Bertz CT molecular complexity index is 1190. The highest BCUT2D eigenvalue weighted by Gasteiger charge is 2.24. The van der Waals surface area contributed by atoms with Gasteiger partial charge in [0, 0.05) is 31.1 Å². The lowest BCUT2D eigenvalue weighted by Gasteiger charge is -2.26. The Morgan fingerprint density at radius 1 is 0.970 bits per heavy atom. The Hall–Kier alpha value is -3.66. The van der Waals surface area contributed by atoms with E-state index in [1.807, 2.05) is 18.3 Å². The van der Waals surface area contributed by atoms with Gasteiger partial charge in [-0.1, -0.05) is 72.8 Å². The number of benzene rings is 3. The molecule has 1 aliphatic rings. The van der Waals surface area contributed by atoms with Crippen LogP contribution >= 0.6 is 0 Å². The number of carbonyl (C=O) groups excluding carboxylic acids is 1. The topological polar surface area (TPSA) is 44.1 Å². The van der Waals surface area contributed by atoms with Crippen molar-refractivity contribution in [2.75, 3.05) is 0 Å². The predicted octanol–water partition coefficient (Wildman–Crippen LogP) is 5.79. The molecule has 4 aromatic rings. The molecule has 3 aromatic carbocycles. The maximum Gasteiger partial charge on any atom is 0.308 e. The molecule has 0 fully saturated rings. The zero-order valence-corrected chi connectivity index (χ0v) is 18.9. The number of nitrogens with zero attached hydrogens (tertiary/aromatic N) is 2. The summed E-state index contributed by atoms with van der Waals surface area (Å²) in [5, 5.41) is 4.74. The molecule has 1 aliphatic carbocycles. The number of hydrogen-bond acceptors (Lipinski definition) is 3. The maximum absolute atomic E-state index is 11.4. The van der Waals surface area contributed by atoms with Crippen molar-refractivity contribution in [1.29, 1.82) is 0 Å². The Labute approximate surface area is 194 Å². The highest BCUT2D eigenvalue weighted by Crippen LogP contribution is 2.34. The normalized spacial score (nSPS) is 15.3. The molecule has 0 spiro atoms. The summed E-state index contributed by atoms with van der Waals surface area (Å²) in [5.41, 5.74) is 6.21. The quantitative estimate of drug-likeness (QED) is 0.284. The van der Waals surface area contributed by atoms with E-state index >= 15 is 0 Å². The first-order valence-corrected chi connectivity index (χ1v) is 11.6. The van der Waals surface area contributed by atoms with Crippen molar-refractivity contribution in [3.05, 3.63) is 119 Å². The van der Waals surface area contributed by atoms with Gasteiger partial charge in [-0.3, -0.25) is 9.48 Å². The van der Waals surface area contributed by atoms with Gasteiger partial charge in [-0.25, -0.2) is 0 Å². The maximum atomic E-state index is 11.4. The standard InChI is InChI=1S/C29H28N2O2/c1-21(32)33-28-14-8-13-25-17-22(15-16-27(25)28)19-31-20-26(18-30-31)29(23-9-4-2-5-10-23)24-11-6-3-7-12-24/h2-14,18,20,22,29H,15-17,19H2,1H3. The monoisotopic (exact) mass is 436 g/mol. The molecule has 0 N–H and O–H groups in total. The third-order valence-electron chi connectivity index (χ3n) is 6.49. The molecule has 0 radical (unpaired) electrons. The van der Waals surface area contributed by atoms with Gasteiger partial charge in [0.15, 0.2) is 0 Å². The van der Waals surface area contributed by atoms with Crippen LogP contribution in [0.1, 0.15) is 47.1 Å². The van der Waals surface area contributed by atoms with E-state index < -0.39 is 0 Å². The molecule has 0 bridgehead atoms. The smallest absolute Gasteiger partial charge is 0.308 e. The molecule has 4 nitrogen and oxygen atoms in total. The fraction of sp³-hybridized carbons (Fsp3) is 0.241. The Morgan fingerprint density at radius 2 is 1.67 bits per heavy atom. The van der Waals surface area contributed by atoms with Crippen LogP contribution in [0.4, 0.5) is 0 Å². The minimum atomic E-state index is -0.263. The molecule has 33 heavy (non-hydrogen) atoms. The molecule has 0 saturated carbocycles. The molecule has 166 valence electrons. The lowest BCUT2D eigenvalue weighted by Crippen LogP contribution is -2.20. The van der Waals surface area contributed by atoms with Crippen LogP contribution in [0, 0.1) is 5.92 Å². The van der Waals surface area contributed by atoms with E-state index in [2.05, 4.69) is 77.6 Å². The highest BCUT2D eigenvalue weighted by atomic mass is 16.5. The first-order chi connectivity index (χ1) is 16.2. The van der Waals surface area contributed by atoms with E-state index in [1.54, 1.807) is 0 Å². The van der Waals surface area contributed by atoms with Crippen molar-refractivity contribution < 1.29 is 9.53 Å². The van der Waals surface area contributed by atoms with Gasteiger partial charge >= 0.3 is 5.97 Å². The van der Waals surface area contributed by atoms with Crippen molar-refractivity contribution in [1.82, 2.24) is 9.78 Å². The summed E-state index contributed by atoms with van der Waals surface area (Å²) < 4.78 is 7.52. The summed E-state index contributed by atoms with van der Waals surface area (Å²) in [4.78, 5) is 11.4. The van der Waals surface area contributed by atoms with Gasteiger partial charge < -0.3 is 4.74 Å². The second-order valence-electron chi connectivity index (χ2n) is 8.85. The van der Waals surface area contributed by atoms with Crippen LogP contribution in [0.15, 0.2) is 91.3 Å². The summed E-state index contributed by atoms with van der Waals surface area (Å²) in [6, 6.07) is 27.3. The lowest BCUT2D eigenvalue weighted by atomic mass is 9.83. The first-order valence-electron chi connectivity index (χ1n) is 11.6. The first kappa shape index (κ1) is 21.2. The molecule has 1 unspecified atom stereocenters. The fourth-order valence-corrected chi connectivity index (χ4v) is 5.02. The molecule has 1 heterocycles. The summed E-state index contributed by atoms with van der Waals surface area (Å²) in [5.74, 6) is 1.12. The molecular formula is C29H28N2O2. The SMILES string of the molecule is CC(=O)Oc1cccc2c1CCC(Cn1cc(C(c3ccccc3)c3ccccc3)cn1)C2. The molecule has 1 aromatic heterocycles. The Balaban J connectivity index is 1.35. The fourth-order valence-electron chi connectivity index (χ4n) is 5.02. The molecule has 0 aliphatic heterocycles. The second kappa shape index (κ2) is 9.45. The minimum absolute atomic E-state index is 0.166. The number of esters is 1. The summed E-state index contributed by atoms with van der Waals surface area (Å²) in [6.45, 7) is 2.34. The molecule has 4 heteroatoms. The van der Waals surface area contributed by atoms with E-state index in [9.17, 15) is 4.79 Å². The van der Waals surface area contributed by atoms with E-state index in [1.165, 1.54) is 34.7 Å². The van der Waals surface area contributed by atoms with Crippen molar-refractivity contribution >= 4 is 5.97 Å². The van der Waals surface area contributed by atoms with Gasteiger partial charge in [-0.15, -0.1) is 0 Å². The van der Waals surface area contributed by atoms with E-state index in [-0.39, 0.29) is 11.9 Å². The van der Waals surface area contributed by atoms with Crippen molar-refractivity contribution in [3.63, 3.8) is 0 Å². The zero-order valence-electron chi connectivity index (χ0n) is 18.9. The second-order valence-corrected chi connectivity index (χ2v) is 8.85. The molecule has 0 amide bonds. The van der Waals surface area contributed by atoms with Crippen LogP contribution in [0.5, 0.6) is 5.75 Å². The average Bonchev–Trinajstić information content (AvgIpc) is 3.28. The van der Waals surface area contributed by atoms with Gasteiger partial charge in [-0.05, 0) is 53.5 Å². The van der Waals surface area contributed by atoms with E-state index in [4.69, 9.17) is 9.84 Å². The minimum Gasteiger partial charge on any atom is -0.426 e.